The van der Waals surface area contributed by atoms with Crippen molar-refractivity contribution in [2.75, 3.05) is 0 Å². The van der Waals surface area contributed by atoms with E-state index in [9.17, 15) is 4.91 Å². The van der Waals surface area contributed by atoms with Crippen molar-refractivity contribution >= 4 is 10.8 Å². The molecule has 2 aromatic rings. The molecule has 1 aliphatic carbocycles. The Labute approximate surface area is 148 Å². The second-order valence-corrected chi connectivity index (χ2v) is 6.84. The molecule has 0 saturated heterocycles. The van der Waals surface area contributed by atoms with E-state index in [4.69, 9.17) is 0 Å². The summed E-state index contributed by atoms with van der Waals surface area (Å²) in [6.45, 7) is 2.16. The molecule has 0 bridgehead atoms. The van der Waals surface area contributed by atoms with Crippen molar-refractivity contribution in [2.45, 2.75) is 38.3 Å². The molecule has 1 aliphatic heterocycles. The van der Waals surface area contributed by atoms with Gasteiger partial charge >= 0.3 is 0 Å². The Hall–Kier alpha value is -2.68. The van der Waals surface area contributed by atoms with E-state index in [1.165, 1.54) is 21.9 Å². The van der Waals surface area contributed by atoms with Gasteiger partial charge in [-0.05, 0) is 45.6 Å². The van der Waals surface area contributed by atoms with Gasteiger partial charge in [0.2, 0.25) is 0 Å². The minimum Gasteiger partial charge on any atom is -0.320 e. The van der Waals surface area contributed by atoms with Gasteiger partial charge in [-0.15, -0.1) is 4.91 Å². The van der Waals surface area contributed by atoms with Crippen LogP contribution in [0.2, 0.25) is 0 Å². The van der Waals surface area contributed by atoms with E-state index < -0.39 is 5.66 Å². The molecule has 2 aliphatic rings. The van der Waals surface area contributed by atoms with E-state index in [1.807, 2.05) is 18.4 Å². The van der Waals surface area contributed by atoms with Crippen LogP contribution in [-0.4, -0.2) is 10.6 Å². The summed E-state index contributed by atoms with van der Waals surface area (Å²) in [4.78, 5) is 14.1. The number of nitrogens with zero attached hydrogens (tertiary/aromatic N) is 2. The fourth-order valence-corrected chi connectivity index (χ4v) is 3.98. The standard InChI is InChI=1S/C22H22N2O/c1-2-3-9-19-10-6-7-14-24(19)22(23-25)15-18-13-12-17-8-4-5-11-20(17)21(18)16-22/h4-14H,2-3,15-16H2,1H3/b19-9+. The maximum Gasteiger partial charge on any atom is 0.185 e. The summed E-state index contributed by atoms with van der Waals surface area (Å²) in [6.07, 6.45) is 13.7. The number of nitroso groups, excluding NO2 is 1. The maximum atomic E-state index is 12.1. The third-order valence-electron chi connectivity index (χ3n) is 5.22. The second-order valence-electron chi connectivity index (χ2n) is 6.84. The molecule has 4 rings (SSSR count). The van der Waals surface area contributed by atoms with Crippen LogP contribution in [0, 0.1) is 4.91 Å². The molecular formula is C22H22N2O. The van der Waals surface area contributed by atoms with E-state index in [-0.39, 0.29) is 0 Å². The predicted molar refractivity (Wildman–Crippen MR) is 103 cm³/mol. The lowest BCUT2D eigenvalue weighted by Gasteiger charge is -2.36. The number of rotatable bonds is 4. The van der Waals surface area contributed by atoms with Crippen LogP contribution >= 0.6 is 0 Å². The summed E-state index contributed by atoms with van der Waals surface area (Å²) in [6, 6.07) is 12.7. The van der Waals surface area contributed by atoms with Gasteiger partial charge in [-0.3, -0.25) is 0 Å². The van der Waals surface area contributed by atoms with Crippen molar-refractivity contribution in [2.24, 2.45) is 5.18 Å². The van der Waals surface area contributed by atoms with E-state index >= 15 is 0 Å². The summed E-state index contributed by atoms with van der Waals surface area (Å²) < 4.78 is 0. The second kappa shape index (κ2) is 6.32. The molecule has 1 atom stereocenters. The van der Waals surface area contributed by atoms with Crippen LogP contribution in [0.15, 0.2) is 77.8 Å². The Balaban J connectivity index is 1.78. The first-order valence-corrected chi connectivity index (χ1v) is 8.96. The van der Waals surface area contributed by atoms with Crippen LogP contribution in [0.25, 0.3) is 10.8 Å². The van der Waals surface area contributed by atoms with Crippen molar-refractivity contribution in [1.82, 2.24) is 4.90 Å². The van der Waals surface area contributed by atoms with Crippen LogP contribution in [0.3, 0.4) is 0 Å². The van der Waals surface area contributed by atoms with Crippen molar-refractivity contribution < 1.29 is 0 Å². The lowest BCUT2D eigenvalue weighted by atomic mass is 10.0. The first-order valence-electron chi connectivity index (χ1n) is 8.96. The number of unbranched alkanes of at least 4 members (excludes halogenated alkanes) is 1. The third kappa shape index (κ3) is 2.60. The van der Waals surface area contributed by atoms with Gasteiger partial charge in [0.05, 0.1) is 0 Å². The van der Waals surface area contributed by atoms with E-state index in [2.05, 4.69) is 65.6 Å². The van der Waals surface area contributed by atoms with Gasteiger partial charge in [0.25, 0.3) is 0 Å². The largest absolute Gasteiger partial charge is 0.320 e. The minimum atomic E-state index is -0.771. The Morgan fingerprint density at radius 1 is 1.16 bits per heavy atom. The molecule has 3 heteroatoms. The number of allylic oxidation sites excluding steroid dienone is 4. The highest BCUT2D eigenvalue weighted by atomic mass is 16.3. The summed E-state index contributed by atoms with van der Waals surface area (Å²) in [5, 5.41) is 6.13. The zero-order valence-electron chi connectivity index (χ0n) is 14.5. The van der Waals surface area contributed by atoms with E-state index in [1.54, 1.807) is 0 Å². The van der Waals surface area contributed by atoms with E-state index in [0.717, 1.165) is 18.5 Å². The molecule has 3 nitrogen and oxygen atoms in total. The van der Waals surface area contributed by atoms with Gasteiger partial charge in [-0.25, -0.2) is 0 Å². The molecule has 2 aromatic carbocycles. The average Bonchev–Trinajstić information content (AvgIpc) is 3.07. The summed E-state index contributed by atoms with van der Waals surface area (Å²) in [7, 11) is 0. The molecule has 1 heterocycles. The zero-order chi connectivity index (χ0) is 17.3. The fourth-order valence-electron chi connectivity index (χ4n) is 3.98. The van der Waals surface area contributed by atoms with Crippen LogP contribution < -0.4 is 0 Å². The monoisotopic (exact) mass is 330 g/mol. The Kier molecular flexibility index (Phi) is 4.00. The van der Waals surface area contributed by atoms with E-state index in [0.29, 0.717) is 12.8 Å². The first kappa shape index (κ1) is 15.8. The summed E-state index contributed by atoms with van der Waals surface area (Å²) in [5.41, 5.74) is 2.79. The van der Waals surface area contributed by atoms with Crippen molar-refractivity contribution in [1.29, 1.82) is 0 Å². The van der Waals surface area contributed by atoms with Crippen LogP contribution in [0.5, 0.6) is 0 Å². The molecule has 0 saturated carbocycles. The highest BCUT2D eigenvalue weighted by molar-refractivity contribution is 5.87. The van der Waals surface area contributed by atoms with Gasteiger partial charge in [0, 0.05) is 24.7 Å². The van der Waals surface area contributed by atoms with Crippen LogP contribution in [0.4, 0.5) is 0 Å². The Bertz CT molecular complexity index is 909. The molecular weight excluding hydrogens is 308 g/mol. The van der Waals surface area contributed by atoms with Crippen LogP contribution in [-0.2, 0) is 12.8 Å². The topological polar surface area (TPSA) is 32.7 Å². The Morgan fingerprint density at radius 3 is 2.88 bits per heavy atom. The van der Waals surface area contributed by atoms with Crippen molar-refractivity contribution in [3.8, 4) is 0 Å². The van der Waals surface area contributed by atoms with Crippen molar-refractivity contribution in [3.63, 3.8) is 0 Å². The molecule has 0 amide bonds. The predicted octanol–water partition coefficient (Wildman–Crippen LogP) is 5.47. The van der Waals surface area contributed by atoms with Gasteiger partial charge in [-0.1, -0.05) is 61.9 Å². The highest BCUT2D eigenvalue weighted by Crippen LogP contribution is 2.41. The van der Waals surface area contributed by atoms with Gasteiger partial charge in [-0.2, -0.15) is 0 Å². The summed E-state index contributed by atoms with van der Waals surface area (Å²) >= 11 is 0. The Morgan fingerprint density at radius 2 is 2.04 bits per heavy atom. The molecule has 0 radical (unpaired) electrons. The minimum absolute atomic E-state index is 0.648. The molecule has 25 heavy (non-hydrogen) atoms. The number of hydrogen-bond acceptors (Lipinski definition) is 3. The highest BCUT2D eigenvalue weighted by Gasteiger charge is 2.45. The molecule has 0 N–H and O–H groups in total. The fraction of sp³-hybridized carbons (Fsp3) is 0.273. The number of fused-ring (bicyclic) bond motifs is 3. The lowest BCUT2D eigenvalue weighted by Crippen LogP contribution is -2.44. The number of benzene rings is 2. The normalized spacial score (nSPS) is 23.4. The molecule has 0 fully saturated rings. The van der Waals surface area contributed by atoms with Crippen molar-refractivity contribution in [3.05, 3.63) is 88.6 Å². The molecule has 0 aromatic heterocycles. The van der Waals surface area contributed by atoms with Gasteiger partial charge in [0.15, 0.2) is 5.66 Å². The summed E-state index contributed by atoms with van der Waals surface area (Å²) in [5.74, 6) is 0. The quantitative estimate of drug-likeness (QED) is 0.696. The third-order valence-corrected chi connectivity index (χ3v) is 5.22. The molecule has 0 spiro atoms. The molecule has 1 unspecified atom stereocenters. The lowest BCUT2D eigenvalue weighted by molar-refractivity contribution is 0.209. The smallest absolute Gasteiger partial charge is 0.185 e. The van der Waals surface area contributed by atoms with Gasteiger partial charge < -0.3 is 4.90 Å². The zero-order valence-corrected chi connectivity index (χ0v) is 14.5. The maximum absolute atomic E-state index is 12.1. The van der Waals surface area contributed by atoms with Gasteiger partial charge in [0.1, 0.15) is 0 Å². The number of hydrogen-bond donors (Lipinski definition) is 0. The first-order chi connectivity index (χ1) is 12.3. The molecule has 126 valence electrons. The SMILES string of the molecule is CCC/C=C1\C=CC=CN1C1(N=O)Cc2ccc3ccccc3c2C1. The average molecular weight is 330 g/mol. The van der Waals surface area contributed by atoms with Crippen LogP contribution in [0.1, 0.15) is 30.9 Å².